The van der Waals surface area contributed by atoms with Crippen LogP contribution in [0, 0.1) is 22.5 Å². The summed E-state index contributed by atoms with van der Waals surface area (Å²) >= 11 is 5.26. The molecule has 2 atom stereocenters. The lowest BCUT2D eigenvalue weighted by Gasteiger charge is -2.08. The Hall–Kier alpha value is -1.17. The molecular weight excluding hydrogens is 272 g/mol. The number of rotatable bonds is 6. The van der Waals surface area contributed by atoms with Gasteiger partial charge in [0.15, 0.2) is 4.77 Å². The Balaban J connectivity index is 1.29. The van der Waals surface area contributed by atoms with Crippen LogP contribution < -0.4 is 5.32 Å². The van der Waals surface area contributed by atoms with Crippen molar-refractivity contribution in [1.82, 2.24) is 20.1 Å². The number of aromatic amines is 1. The third-order valence-corrected chi connectivity index (χ3v) is 5.08. The summed E-state index contributed by atoms with van der Waals surface area (Å²) in [5.74, 6) is 3.71. The van der Waals surface area contributed by atoms with Gasteiger partial charge in [-0.05, 0) is 56.2 Å². The van der Waals surface area contributed by atoms with Gasteiger partial charge in [0.1, 0.15) is 5.82 Å². The van der Waals surface area contributed by atoms with Gasteiger partial charge in [-0.25, -0.2) is 0 Å². The zero-order valence-corrected chi connectivity index (χ0v) is 12.3. The second kappa shape index (κ2) is 4.69. The predicted molar refractivity (Wildman–Crippen MR) is 76.7 cm³/mol. The van der Waals surface area contributed by atoms with Gasteiger partial charge < -0.3 is 9.88 Å². The lowest BCUT2D eigenvalue weighted by molar-refractivity contribution is -0.122. The first kappa shape index (κ1) is 12.6. The van der Waals surface area contributed by atoms with Crippen molar-refractivity contribution in [2.45, 2.75) is 44.6 Å². The Kier molecular flexibility index (Phi) is 2.94. The highest BCUT2D eigenvalue weighted by Gasteiger charge is 2.50. The monoisotopic (exact) mass is 292 g/mol. The van der Waals surface area contributed by atoms with Crippen LogP contribution in [-0.4, -0.2) is 27.2 Å². The number of H-pyrrole nitrogens is 1. The summed E-state index contributed by atoms with van der Waals surface area (Å²) in [6, 6.07) is 0. The van der Waals surface area contributed by atoms with Crippen LogP contribution in [0.15, 0.2) is 0 Å². The molecule has 3 aliphatic rings. The number of carbonyl (C=O) groups is 1. The van der Waals surface area contributed by atoms with Crippen LogP contribution in [0.1, 0.15) is 43.8 Å². The number of nitrogens with one attached hydrogen (secondary N) is 2. The minimum absolute atomic E-state index is 0.241. The lowest BCUT2D eigenvalue weighted by Crippen LogP contribution is -2.29. The fraction of sp³-hybridized carbons (Fsp3) is 0.786. The lowest BCUT2D eigenvalue weighted by atomic mass is 10.2. The molecule has 20 heavy (non-hydrogen) atoms. The molecule has 2 N–H and O–H groups in total. The highest BCUT2D eigenvalue weighted by Crippen LogP contribution is 2.54. The maximum atomic E-state index is 12.0. The highest BCUT2D eigenvalue weighted by molar-refractivity contribution is 7.71. The summed E-state index contributed by atoms with van der Waals surface area (Å²) in [6.45, 7) is 1.38. The van der Waals surface area contributed by atoms with Crippen molar-refractivity contribution in [3.05, 3.63) is 10.6 Å². The van der Waals surface area contributed by atoms with Gasteiger partial charge in [-0.2, -0.15) is 5.10 Å². The van der Waals surface area contributed by atoms with Gasteiger partial charge in [0.05, 0.1) is 0 Å². The fourth-order valence-electron chi connectivity index (χ4n) is 3.18. The summed E-state index contributed by atoms with van der Waals surface area (Å²) < 4.78 is 2.71. The Labute approximate surface area is 123 Å². The van der Waals surface area contributed by atoms with Crippen LogP contribution in [0.4, 0.5) is 0 Å². The van der Waals surface area contributed by atoms with Crippen LogP contribution in [-0.2, 0) is 11.3 Å². The molecule has 108 valence electrons. The molecule has 3 aliphatic carbocycles. The molecule has 0 aromatic carbocycles. The Morgan fingerprint density at radius 1 is 1.40 bits per heavy atom. The van der Waals surface area contributed by atoms with Gasteiger partial charge in [-0.3, -0.25) is 9.89 Å². The molecule has 3 fully saturated rings. The largest absolute Gasteiger partial charge is 0.354 e. The van der Waals surface area contributed by atoms with Gasteiger partial charge in [-0.15, -0.1) is 0 Å². The standard InChI is InChI=1S/C14H20N4OS/c19-13(11-7-10(11)8-1-2-8)15-5-6-18-12(9-3-4-9)16-17-14(18)20/h8-11H,1-7H2,(H,15,19)(H,17,20). The van der Waals surface area contributed by atoms with E-state index in [4.69, 9.17) is 12.2 Å². The van der Waals surface area contributed by atoms with Gasteiger partial charge in [0, 0.05) is 24.9 Å². The van der Waals surface area contributed by atoms with E-state index in [1.165, 1.54) is 25.7 Å². The van der Waals surface area contributed by atoms with Crippen molar-refractivity contribution in [3.8, 4) is 0 Å². The summed E-state index contributed by atoms with van der Waals surface area (Å²) in [5, 5.41) is 10.2. The first-order chi connectivity index (χ1) is 9.74. The molecule has 2 unspecified atom stereocenters. The van der Waals surface area contributed by atoms with Crippen molar-refractivity contribution < 1.29 is 4.79 Å². The number of hydrogen-bond donors (Lipinski definition) is 2. The Morgan fingerprint density at radius 3 is 2.90 bits per heavy atom. The third-order valence-electron chi connectivity index (χ3n) is 4.77. The van der Waals surface area contributed by atoms with Gasteiger partial charge >= 0.3 is 0 Å². The fourth-order valence-corrected chi connectivity index (χ4v) is 3.41. The van der Waals surface area contributed by atoms with E-state index in [0.29, 0.717) is 29.1 Å². The molecule has 0 saturated heterocycles. The molecule has 3 saturated carbocycles. The molecule has 0 radical (unpaired) electrons. The highest BCUT2D eigenvalue weighted by atomic mass is 32.1. The van der Waals surface area contributed by atoms with Crippen LogP contribution in [0.3, 0.4) is 0 Å². The van der Waals surface area contributed by atoms with E-state index in [1.54, 1.807) is 0 Å². The average Bonchev–Trinajstić information content (AvgIpc) is 3.29. The van der Waals surface area contributed by atoms with E-state index in [2.05, 4.69) is 15.5 Å². The number of amides is 1. The summed E-state index contributed by atoms with van der Waals surface area (Å²) in [4.78, 5) is 12.0. The Bertz CT molecular complexity index is 584. The van der Waals surface area contributed by atoms with Crippen molar-refractivity contribution in [1.29, 1.82) is 0 Å². The maximum absolute atomic E-state index is 12.0. The minimum Gasteiger partial charge on any atom is -0.354 e. The zero-order chi connectivity index (χ0) is 13.7. The third kappa shape index (κ3) is 2.41. The topological polar surface area (TPSA) is 62.7 Å². The molecule has 1 amide bonds. The molecule has 0 bridgehead atoms. The molecule has 4 rings (SSSR count). The van der Waals surface area contributed by atoms with Crippen molar-refractivity contribution in [2.75, 3.05) is 6.54 Å². The first-order valence-corrected chi connectivity index (χ1v) is 8.07. The molecule has 0 aliphatic heterocycles. The Morgan fingerprint density at radius 2 is 2.20 bits per heavy atom. The van der Waals surface area contributed by atoms with Crippen LogP contribution in [0.5, 0.6) is 0 Å². The molecule has 1 aromatic heterocycles. The van der Waals surface area contributed by atoms with E-state index < -0.39 is 0 Å². The van der Waals surface area contributed by atoms with Gasteiger partial charge in [0.25, 0.3) is 0 Å². The number of aromatic nitrogens is 3. The predicted octanol–water partition coefficient (Wildman–Crippen LogP) is 1.98. The molecule has 1 aromatic rings. The molecule has 6 heteroatoms. The normalized spacial score (nSPS) is 28.4. The molecular formula is C14H20N4OS. The molecule has 1 heterocycles. The second-order valence-electron chi connectivity index (χ2n) is 6.45. The number of nitrogens with zero attached hydrogens (tertiary/aromatic N) is 2. The summed E-state index contributed by atoms with van der Waals surface area (Å²) in [6.07, 6.45) is 6.19. The number of hydrogen-bond acceptors (Lipinski definition) is 3. The minimum atomic E-state index is 0.241. The smallest absolute Gasteiger partial charge is 0.223 e. The van der Waals surface area contributed by atoms with Crippen LogP contribution in [0.2, 0.25) is 0 Å². The molecule has 0 spiro atoms. The average molecular weight is 292 g/mol. The van der Waals surface area contributed by atoms with Crippen LogP contribution >= 0.6 is 12.2 Å². The first-order valence-electron chi connectivity index (χ1n) is 7.67. The van der Waals surface area contributed by atoms with Crippen molar-refractivity contribution in [2.24, 2.45) is 17.8 Å². The maximum Gasteiger partial charge on any atom is 0.223 e. The van der Waals surface area contributed by atoms with E-state index in [9.17, 15) is 4.79 Å². The van der Waals surface area contributed by atoms with E-state index in [-0.39, 0.29) is 5.91 Å². The second-order valence-corrected chi connectivity index (χ2v) is 6.83. The van der Waals surface area contributed by atoms with E-state index >= 15 is 0 Å². The number of carbonyl (C=O) groups excluding carboxylic acids is 1. The zero-order valence-electron chi connectivity index (χ0n) is 11.5. The summed E-state index contributed by atoms with van der Waals surface area (Å²) in [5.41, 5.74) is 0. The van der Waals surface area contributed by atoms with Gasteiger partial charge in [-0.1, -0.05) is 0 Å². The van der Waals surface area contributed by atoms with Crippen LogP contribution in [0.25, 0.3) is 0 Å². The van der Waals surface area contributed by atoms with Crippen molar-refractivity contribution >= 4 is 18.1 Å². The quantitative estimate of drug-likeness (QED) is 0.788. The SMILES string of the molecule is O=C(NCCn1c(C2CC2)n[nH]c1=S)C1CC1C1CC1. The van der Waals surface area contributed by atoms with E-state index in [1.807, 2.05) is 4.57 Å². The van der Waals surface area contributed by atoms with Crippen molar-refractivity contribution in [3.63, 3.8) is 0 Å². The van der Waals surface area contributed by atoms with E-state index in [0.717, 1.165) is 24.7 Å². The summed E-state index contributed by atoms with van der Waals surface area (Å²) in [7, 11) is 0. The van der Waals surface area contributed by atoms with Gasteiger partial charge in [0.2, 0.25) is 5.91 Å². The molecule has 5 nitrogen and oxygen atoms in total.